The van der Waals surface area contributed by atoms with Crippen LogP contribution in [0.4, 0.5) is 11.4 Å². The Hall–Kier alpha value is -1.10. The van der Waals surface area contributed by atoms with Crippen LogP contribution in [0.15, 0.2) is 28.7 Å². The zero-order valence-electron chi connectivity index (χ0n) is 11.1. The van der Waals surface area contributed by atoms with Gasteiger partial charge in [-0.25, -0.2) is 0 Å². The lowest BCUT2D eigenvalue weighted by Crippen LogP contribution is -2.03. The van der Waals surface area contributed by atoms with Crippen molar-refractivity contribution in [1.82, 2.24) is 0 Å². The fourth-order valence-corrected chi connectivity index (χ4v) is 3.61. The van der Waals surface area contributed by atoms with E-state index >= 15 is 0 Å². The average molecular weight is 388 g/mol. The van der Waals surface area contributed by atoms with Crippen molar-refractivity contribution in [2.75, 3.05) is 17.7 Å². The summed E-state index contributed by atoms with van der Waals surface area (Å²) in [5, 5.41) is 4.28. The molecule has 0 radical (unpaired) electrons. The van der Waals surface area contributed by atoms with Crippen molar-refractivity contribution in [2.24, 2.45) is 0 Å². The highest BCUT2D eigenvalue weighted by Crippen LogP contribution is 2.36. The highest BCUT2D eigenvalue weighted by atomic mass is 79.9. The number of benzene rings is 2. The number of ether oxygens (including phenoxy) is 1. The van der Waals surface area contributed by atoms with Crippen LogP contribution in [0.2, 0.25) is 10.0 Å². The van der Waals surface area contributed by atoms with Crippen LogP contribution in [0.25, 0.3) is 0 Å². The van der Waals surface area contributed by atoms with Gasteiger partial charge in [-0.05, 0) is 29.8 Å². The maximum atomic E-state index is 6.18. The first-order chi connectivity index (χ1) is 10.0. The van der Waals surface area contributed by atoms with E-state index in [-0.39, 0.29) is 0 Å². The summed E-state index contributed by atoms with van der Waals surface area (Å²) >= 11 is 15.9. The molecule has 0 bridgehead atoms. The Morgan fingerprint density at radius 3 is 2.62 bits per heavy atom. The maximum absolute atomic E-state index is 6.18. The summed E-state index contributed by atoms with van der Waals surface area (Å²) in [7, 11) is 0. The van der Waals surface area contributed by atoms with Crippen molar-refractivity contribution in [3.63, 3.8) is 0 Å². The summed E-state index contributed by atoms with van der Waals surface area (Å²) in [6, 6.07) is 7.49. The molecule has 3 nitrogen and oxygen atoms in total. The number of halogens is 3. The van der Waals surface area contributed by atoms with E-state index in [1.807, 2.05) is 6.07 Å². The van der Waals surface area contributed by atoms with Gasteiger partial charge >= 0.3 is 0 Å². The van der Waals surface area contributed by atoms with E-state index in [1.54, 1.807) is 12.1 Å². The minimum absolute atomic E-state index is 0.507. The second-order valence-corrected chi connectivity index (χ2v) is 6.59. The number of hydrogen-bond acceptors (Lipinski definition) is 3. The second-order valence-electron chi connectivity index (χ2n) is 4.86. The molecule has 1 aliphatic rings. The average Bonchev–Trinajstić information content (AvgIpc) is 2.85. The lowest BCUT2D eigenvalue weighted by atomic mass is 10.1. The van der Waals surface area contributed by atoms with Gasteiger partial charge in [-0.3, -0.25) is 0 Å². The van der Waals surface area contributed by atoms with Gasteiger partial charge in [0.05, 0.1) is 22.3 Å². The van der Waals surface area contributed by atoms with Gasteiger partial charge < -0.3 is 15.8 Å². The van der Waals surface area contributed by atoms with Crippen LogP contribution in [-0.2, 0) is 13.0 Å². The molecule has 0 amide bonds. The van der Waals surface area contributed by atoms with Gasteiger partial charge in [0.15, 0.2) is 0 Å². The van der Waals surface area contributed by atoms with Crippen LogP contribution in [0.5, 0.6) is 5.75 Å². The van der Waals surface area contributed by atoms with Crippen LogP contribution in [0, 0.1) is 0 Å². The van der Waals surface area contributed by atoms with Gasteiger partial charge in [0.25, 0.3) is 0 Å². The van der Waals surface area contributed by atoms with E-state index in [1.165, 1.54) is 5.56 Å². The van der Waals surface area contributed by atoms with E-state index < -0.39 is 0 Å². The van der Waals surface area contributed by atoms with E-state index in [0.717, 1.165) is 28.8 Å². The summed E-state index contributed by atoms with van der Waals surface area (Å²) < 4.78 is 6.75. The Balaban J connectivity index is 1.86. The number of nitrogen functional groups attached to an aromatic ring is 1. The number of nitrogens with one attached hydrogen (secondary N) is 1. The molecule has 1 heterocycles. The highest BCUT2D eigenvalue weighted by Gasteiger charge is 2.18. The Labute approximate surface area is 141 Å². The van der Waals surface area contributed by atoms with Gasteiger partial charge in [0.1, 0.15) is 5.75 Å². The number of nitrogens with two attached hydrogens (primary N) is 1. The number of rotatable bonds is 3. The van der Waals surface area contributed by atoms with Crippen molar-refractivity contribution in [3.05, 3.63) is 49.9 Å². The predicted octanol–water partition coefficient (Wildman–Crippen LogP) is 4.89. The molecule has 0 saturated heterocycles. The lowest BCUT2D eigenvalue weighted by molar-refractivity contribution is 0.354. The van der Waals surface area contributed by atoms with Gasteiger partial charge in [0, 0.05) is 28.7 Å². The third kappa shape index (κ3) is 3.07. The fraction of sp³-hybridized carbons (Fsp3) is 0.200. The third-order valence-electron chi connectivity index (χ3n) is 3.35. The van der Waals surface area contributed by atoms with Crippen molar-refractivity contribution >= 4 is 50.5 Å². The normalized spacial score (nSPS) is 12.9. The lowest BCUT2D eigenvalue weighted by Gasteiger charge is -2.14. The monoisotopic (exact) mass is 386 g/mol. The van der Waals surface area contributed by atoms with E-state index in [9.17, 15) is 0 Å². The molecule has 2 aromatic carbocycles. The summed E-state index contributed by atoms with van der Waals surface area (Å²) in [5.41, 5.74) is 9.22. The predicted molar refractivity (Wildman–Crippen MR) is 91.5 cm³/mol. The van der Waals surface area contributed by atoms with E-state index in [2.05, 4.69) is 27.3 Å². The Kier molecular flexibility index (Phi) is 4.20. The van der Waals surface area contributed by atoms with Crippen molar-refractivity contribution in [1.29, 1.82) is 0 Å². The standard InChI is InChI=1S/C15H13BrCl2N2O/c16-10-3-8-1-2-21-15(8)9(4-10)7-20-14-12(17)5-11(19)6-13(14)18/h3-6,20H,1-2,7,19H2. The molecule has 0 atom stereocenters. The Morgan fingerprint density at radius 1 is 1.19 bits per heavy atom. The van der Waals surface area contributed by atoms with E-state index in [4.69, 9.17) is 33.7 Å². The molecular weight excluding hydrogens is 375 g/mol. The summed E-state index contributed by atoms with van der Waals surface area (Å²) in [4.78, 5) is 0. The quantitative estimate of drug-likeness (QED) is 0.737. The Morgan fingerprint density at radius 2 is 1.90 bits per heavy atom. The maximum Gasteiger partial charge on any atom is 0.127 e. The van der Waals surface area contributed by atoms with Crippen molar-refractivity contribution in [3.8, 4) is 5.75 Å². The summed E-state index contributed by atoms with van der Waals surface area (Å²) in [6.07, 6.45) is 0.936. The van der Waals surface area contributed by atoms with Crippen LogP contribution in [-0.4, -0.2) is 6.61 Å². The molecule has 21 heavy (non-hydrogen) atoms. The first kappa shape index (κ1) is 14.8. The van der Waals surface area contributed by atoms with Crippen molar-refractivity contribution in [2.45, 2.75) is 13.0 Å². The second kappa shape index (κ2) is 5.95. The molecule has 0 spiro atoms. The molecule has 0 aromatic heterocycles. The Bertz CT molecular complexity index is 683. The first-order valence-corrected chi connectivity index (χ1v) is 8.02. The zero-order valence-corrected chi connectivity index (χ0v) is 14.1. The SMILES string of the molecule is Nc1cc(Cl)c(NCc2cc(Br)cc3c2OCC3)c(Cl)c1. The molecule has 3 rings (SSSR count). The molecular formula is C15H13BrCl2N2O. The zero-order chi connectivity index (χ0) is 15.0. The number of hydrogen-bond donors (Lipinski definition) is 2. The molecule has 0 aliphatic carbocycles. The summed E-state index contributed by atoms with van der Waals surface area (Å²) in [6.45, 7) is 1.30. The largest absolute Gasteiger partial charge is 0.493 e. The molecule has 110 valence electrons. The van der Waals surface area contributed by atoms with Gasteiger partial charge in [-0.2, -0.15) is 0 Å². The van der Waals surface area contributed by atoms with Crippen LogP contribution in [0.3, 0.4) is 0 Å². The number of fused-ring (bicyclic) bond motifs is 1. The molecule has 0 unspecified atom stereocenters. The van der Waals surface area contributed by atoms with Gasteiger partial charge in [-0.15, -0.1) is 0 Å². The topological polar surface area (TPSA) is 47.3 Å². The van der Waals surface area contributed by atoms with Crippen LogP contribution < -0.4 is 15.8 Å². The first-order valence-electron chi connectivity index (χ1n) is 6.47. The fourth-order valence-electron chi connectivity index (χ4n) is 2.42. The molecule has 2 aromatic rings. The molecule has 1 aliphatic heterocycles. The summed E-state index contributed by atoms with van der Waals surface area (Å²) in [5.74, 6) is 0.952. The van der Waals surface area contributed by atoms with E-state index in [0.29, 0.717) is 28.0 Å². The highest BCUT2D eigenvalue weighted by molar-refractivity contribution is 9.10. The molecule has 0 fully saturated rings. The molecule has 3 N–H and O–H groups in total. The molecule has 0 saturated carbocycles. The number of anilines is 2. The van der Waals surface area contributed by atoms with Crippen LogP contribution >= 0.6 is 39.1 Å². The minimum Gasteiger partial charge on any atom is -0.493 e. The van der Waals surface area contributed by atoms with Crippen molar-refractivity contribution < 1.29 is 4.74 Å². The smallest absolute Gasteiger partial charge is 0.127 e. The van der Waals surface area contributed by atoms with Crippen LogP contribution in [0.1, 0.15) is 11.1 Å². The molecule has 6 heteroatoms. The van der Waals surface area contributed by atoms with Gasteiger partial charge in [-0.1, -0.05) is 39.1 Å². The van der Waals surface area contributed by atoms with Gasteiger partial charge in [0.2, 0.25) is 0 Å². The minimum atomic E-state index is 0.507. The third-order valence-corrected chi connectivity index (χ3v) is 4.40.